The standard InChI is InChI=1S/C12H26/c1-6-7-8-9-12(10(2)3)11(4)5/h10-12H,6-9H2,1-5H3. The summed E-state index contributed by atoms with van der Waals surface area (Å²) in [4.78, 5) is 0. The van der Waals surface area contributed by atoms with Crippen LogP contribution in [-0.4, -0.2) is 0 Å². The first kappa shape index (κ1) is 12.0. The van der Waals surface area contributed by atoms with E-state index in [1.54, 1.807) is 0 Å². The molecule has 0 aromatic rings. The van der Waals surface area contributed by atoms with Gasteiger partial charge in [-0.25, -0.2) is 0 Å². The molecule has 0 aliphatic rings. The SMILES string of the molecule is CCCCCC(C(C)C)C(C)C. The van der Waals surface area contributed by atoms with Gasteiger partial charge in [0.15, 0.2) is 0 Å². The van der Waals surface area contributed by atoms with Crippen LogP contribution in [0.1, 0.15) is 60.3 Å². The van der Waals surface area contributed by atoms with E-state index in [2.05, 4.69) is 34.6 Å². The first-order chi connectivity index (χ1) is 5.59. The number of unbranched alkanes of at least 4 members (excludes halogenated alkanes) is 2. The molecule has 12 heavy (non-hydrogen) atoms. The Labute approximate surface area is 78.8 Å². The lowest BCUT2D eigenvalue weighted by Gasteiger charge is -2.24. The molecule has 0 fully saturated rings. The summed E-state index contributed by atoms with van der Waals surface area (Å²) in [6, 6.07) is 0. The van der Waals surface area contributed by atoms with E-state index in [-0.39, 0.29) is 0 Å². The van der Waals surface area contributed by atoms with E-state index < -0.39 is 0 Å². The quantitative estimate of drug-likeness (QED) is 0.515. The molecule has 0 unspecified atom stereocenters. The fourth-order valence-electron chi connectivity index (χ4n) is 2.07. The van der Waals surface area contributed by atoms with Gasteiger partial charge in [0.25, 0.3) is 0 Å². The van der Waals surface area contributed by atoms with Crippen LogP contribution in [-0.2, 0) is 0 Å². The topological polar surface area (TPSA) is 0 Å². The molecule has 0 nitrogen and oxygen atoms in total. The number of hydrogen-bond donors (Lipinski definition) is 0. The van der Waals surface area contributed by atoms with E-state index in [1.165, 1.54) is 25.7 Å². The molecule has 0 saturated heterocycles. The van der Waals surface area contributed by atoms with Crippen LogP contribution in [0.2, 0.25) is 0 Å². The monoisotopic (exact) mass is 170 g/mol. The van der Waals surface area contributed by atoms with Crippen molar-refractivity contribution >= 4 is 0 Å². The molecule has 0 rings (SSSR count). The van der Waals surface area contributed by atoms with Crippen LogP contribution in [0, 0.1) is 17.8 Å². The molecule has 0 aromatic heterocycles. The molecule has 0 bridgehead atoms. The molecule has 0 radical (unpaired) electrons. The van der Waals surface area contributed by atoms with Gasteiger partial charge in [-0.1, -0.05) is 53.9 Å². The molecule has 0 atom stereocenters. The Kier molecular flexibility index (Phi) is 6.51. The summed E-state index contributed by atoms with van der Waals surface area (Å²) in [6.45, 7) is 11.7. The number of rotatable bonds is 6. The third-order valence-corrected chi connectivity index (χ3v) is 2.85. The minimum Gasteiger partial charge on any atom is -0.0654 e. The summed E-state index contributed by atoms with van der Waals surface area (Å²) in [5.41, 5.74) is 0. The van der Waals surface area contributed by atoms with Crippen LogP contribution in [0.25, 0.3) is 0 Å². The second kappa shape index (κ2) is 6.51. The third kappa shape index (κ3) is 4.79. The van der Waals surface area contributed by atoms with E-state index in [0.717, 1.165) is 17.8 Å². The molecule has 0 spiro atoms. The largest absolute Gasteiger partial charge is 0.0654 e. The van der Waals surface area contributed by atoms with Gasteiger partial charge in [-0.3, -0.25) is 0 Å². The van der Waals surface area contributed by atoms with Crippen LogP contribution in [0.4, 0.5) is 0 Å². The summed E-state index contributed by atoms with van der Waals surface area (Å²) in [5, 5.41) is 0. The lowest BCUT2D eigenvalue weighted by Crippen LogP contribution is -2.15. The average molecular weight is 170 g/mol. The maximum atomic E-state index is 2.36. The van der Waals surface area contributed by atoms with E-state index in [1.807, 2.05) is 0 Å². The summed E-state index contributed by atoms with van der Waals surface area (Å²) in [6.07, 6.45) is 5.62. The molecule has 74 valence electrons. The van der Waals surface area contributed by atoms with Crippen LogP contribution in [0.5, 0.6) is 0 Å². The van der Waals surface area contributed by atoms with Crippen LogP contribution >= 0.6 is 0 Å². The van der Waals surface area contributed by atoms with E-state index in [9.17, 15) is 0 Å². The second-order valence-corrected chi connectivity index (χ2v) is 4.65. The van der Waals surface area contributed by atoms with Gasteiger partial charge in [-0.05, 0) is 24.2 Å². The van der Waals surface area contributed by atoms with Gasteiger partial charge in [0.1, 0.15) is 0 Å². The Morgan fingerprint density at radius 1 is 0.833 bits per heavy atom. The summed E-state index contributed by atoms with van der Waals surface area (Å²) in [7, 11) is 0. The highest BCUT2D eigenvalue weighted by Crippen LogP contribution is 2.26. The summed E-state index contributed by atoms with van der Waals surface area (Å²) < 4.78 is 0. The maximum absolute atomic E-state index is 2.36. The molecule has 0 aliphatic heterocycles. The molecule has 0 amide bonds. The Hall–Kier alpha value is 0. The van der Waals surface area contributed by atoms with Crippen molar-refractivity contribution in [2.45, 2.75) is 60.3 Å². The molecule has 0 N–H and O–H groups in total. The highest BCUT2D eigenvalue weighted by atomic mass is 14.2. The first-order valence-electron chi connectivity index (χ1n) is 5.59. The van der Waals surface area contributed by atoms with Crippen LogP contribution < -0.4 is 0 Å². The van der Waals surface area contributed by atoms with Gasteiger partial charge in [0.05, 0.1) is 0 Å². The van der Waals surface area contributed by atoms with Crippen molar-refractivity contribution in [3.8, 4) is 0 Å². The van der Waals surface area contributed by atoms with Gasteiger partial charge in [-0.15, -0.1) is 0 Å². The molecular weight excluding hydrogens is 144 g/mol. The van der Waals surface area contributed by atoms with Gasteiger partial charge < -0.3 is 0 Å². The lowest BCUT2D eigenvalue weighted by molar-refractivity contribution is 0.262. The van der Waals surface area contributed by atoms with Gasteiger partial charge >= 0.3 is 0 Å². The van der Waals surface area contributed by atoms with E-state index in [4.69, 9.17) is 0 Å². The summed E-state index contributed by atoms with van der Waals surface area (Å²) in [5.74, 6) is 2.67. The predicted octanol–water partition coefficient (Wildman–Crippen LogP) is 4.49. The molecule has 0 aromatic carbocycles. The smallest absolute Gasteiger partial charge is 0.0368 e. The van der Waals surface area contributed by atoms with Gasteiger partial charge in [0, 0.05) is 0 Å². The first-order valence-corrected chi connectivity index (χ1v) is 5.59. The van der Waals surface area contributed by atoms with Gasteiger partial charge in [-0.2, -0.15) is 0 Å². The normalized spacial score (nSPS) is 12.0. The van der Waals surface area contributed by atoms with Crippen molar-refractivity contribution in [3.63, 3.8) is 0 Å². The Morgan fingerprint density at radius 2 is 1.33 bits per heavy atom. The highest BCUT2D eigenvalue weighted by Gasteiger charge is 2.16. The molecule has 0 aliphatic carbocycles. The predicted molar refractivity (Wildman–Crippen MR) is 57.3 cm³/mol. The van der Waals surface area contributed by atoms with Crippen LogP contribution in [0.15, 0.2) is 0 Å². The molecule has 0 heteroatoms. The fourth-order valence-corrected chi connectivity index (χ4v) is 2.07. The van der Waals surface area contributed by atoms with Crippen molar-refractivity contribution in [2.24, 2.45) is 17.8 Å². The highest BCUT2D eigenvalue weighted by molar-refractivity contribution is 4.66. The Morgan fingerprint density at radius 3 is 1.67 bits per heavy atom. The average Bonchev–Trinajstić information content (AvgIpc) is 1.96. The Bertz CT molecular complexity index is 84.2. The molecular formula is C12H26. The van der Waals surface area contributed by atoms with E-state index in [0.29, 0.717) is 0 Å². The molecule has 0 heterocycles. The molecule has 0 saturated carbocycles. The zero-order chi connectivity index (χ0) is 9.56. The minimum absolute atomic E-state index is 0.863. The zero-order valence-electron chi connectivity index (χ0n) is 9.56. The fraction of sp³-hybridized carbons (Fsp3) is 1.00. The van der Waals surface area contributed by atoms with Crippen molar-refractivity contribution in [1.82, 2.24) is 0 Å². The van der Waals surface area contributed by atoms with Crippen molar-refractivity contribution < 1.29 is 0 Å². The second-order valence-electron chi connectivity index (χ2n) is 4.65. The van der Waals surface area contributed by atoms with E-state index >= 15 is 0 Å². The minimum atomic E-state index is 0.863. The lowest BCUT2D eigenvalue weighted by atomic mass is 9.82. The van der Waals surface area contributed by atoms with Crippen LogP contribution in [0.3, 0.4) is 0 Å². The van der Waals surface area contributed by atoms with Gasteiger partial charge in [0.2, 0.25) is 0 Å². The number of hydrogen-bond acceptors (Lipinski definition) is 0. The summed E-state index contributed by atoms with van der Waals surface area (Å²) >= 11 is 0. The Balaban J connectivity index is 3.64. The zero-order valence-corrected chi connectivity index (χ0v) is 9.56. The third-order valence-electron chi connectivity index (χ3n) is 2.85. The van der Waals surface area contributed by atoms with Crippen molar-refractivity contribution in [2.75, 3.05) is 0 Å². The van der Waals surface area contributed by atoms with Crippen molar-refractivity contribution in [1.29, 1.82) is 0 Å². The maximum Gasteiger partial charge on any atom is -0.0368 e. The van der Waals surface area contributed by atoms with Crippen molar-refractivity contribution in [3.05, 3.63) is 0 Å².